The molecule has 0 atom stereocenters. The maximum atomic E-state index is 11.6. The average molecular weight is 237 g/mol. The summed E-state index contributed by atoms with van der Waals surface area (Å²) in [6.07, 6.45) is 0. The van der Waals surface area contributed by atoms with Gasteiger partial charge in [0.15, 0.2) is 0 Å². The molecule has 4 nitrogen and oxygen atoms in total. The number of nitrogens with zero attached hydrogens (tertiary/aromatic N) is 1. The first kappa shape index (κ1) is 10.7. The van der Waals surface area contributed by atoms with Gasteiger partial charge in [-0.25, -0.2) is 0 Å². The van der Waals surface area contributed by atoms with Crippen LogP contribution in [0.15, 0.2) is 41.1 Å². The fraction of sp³-hybridized carbons (Fsp3) is 0.0909. The zero-order valence-corrected chi connectivity index (χ0v) is 9.28. The van der Waals surface area contributed by atoms with Gasteiger partial charge in [0.2, 0.25) is 0 Å². The number of rotatable bonds is 2. The molecule has 1 aliphatic rings. The van der Waals surface area contributed by atoms with Gasteiger partial charge < -0.3 is 5.32 Å². The van der Waals surface area contributed by atoms with Crippen LogP contribution < -0.4 is 5.32 Å². The van der Waals surface area contributed by atoms with Crippen LogP contribution in [-0.2, 0) is 9.59 Å². The number of carbonyl (C=O) groups is 2. The summed E-state index contributed by atoms with van der Waals surface area (Å²) in [7, 11) is 1.40. The predicted octanol–water partition coefficient (Wildman–Crippen LogP) is 1.55. The lowest BCUT2D eigenvalue weighted by atomic mass is 10.3. The van der Waals surface area contributed by atoms with E-state index in [1.807, 2.05) is 18.2 Å². The highest BCUT2D eigenvalue weighted by Crippen LogP contribution is 2.23. The Hall–Kier alpha value is -1.81. The summed E-state index contributed by atoms with van der Waals surface area (Å²) in [6, 6.07) is 9.07. The summed E-state index contributed by atoms with van der Waals surface area (Å²) < 4.78 is 0. The summed E-state index contributed by atoms with van der Waals surface area (Å²) in [5.74, 6) is -0.899. The molecule has 82 valence electrons. The SMILES string of the molecule is CN1C(=O)C(Cl)=C(Nc2ccccc2)C1=O. The van der Waals surface area contributed by atoms with E-state index in [0.29, 0.717) is 5.69 Å². The van der Waals surface area contributed by atoms with Gasteiger partial charge in [-0.1, -0.05) is 29.8 Å². The number of likely N-dealkylation sites (N-methyl/N-ethyl adjacent to an activating group) is 1. The molecule has 0 saturated heterocycles. The Balaban J connectivity index is 2.29. The fourth-order valence-electron chi connectivity index (χ4n) is 1.38. The van der Waals surface area contributed by atoms with Gasteiger partial charge in [-0.2, -0.15) is 0 Å². The Morgan fingerprint density at radius 2 is 1.75 bits per heavy atom. The summed E-state index contributed by atoms with van der Waals surface area (Å²) in [6.45, 7) is 0. The summed E-state index contributed by atoms with van der Waals surface area (Å²) in [5.41, 5.74) is 0.840. The zero-order valence-electron chi connectivity index (χ0n) is 8.53. The van der Waals surface area contributed by atoms with Gasteiger partial charge in [0.05, 0.1) is 0 Å². The molecule has 1 aromatic carbocycles. The van der Waals surface area contributed by atoms with Crippen molar-refractivity contribution in [3.63, 3.8) is 0 Å². The maximum absolute atomic E-state index is 11.6. The lowest BCUT2D eigenvalue weighted by Crippen LogP contribution is -2.27. The second kappa shape index (κ2) is 3.98. The van der Waals surface area contributed by atoms with Crippen LogP contribution in [0.4, 0.5) is 5.69 Å². The molecule has 0 aliphatic carbocycles. The predicted molar refractivity (Wildman–Crippen MR) is 60.7 cm³/mol. The third-order valence-electron chi connectivity index (χ3n) is 2.27. The van der Waals surface area contributed by atoms with Crippen LogP contribution in [-0.4, -0.2) is 23.8 Å². The van der Waals surface area contributed by atoms with Crippen LogP contribution in [0.3, 0.4) is 0 Å². The fourth-order valence-corrected chi connectivity index (χ4v) is 1.64. The van der Waals surface area contributed by atoms with Gasteiger partial charge in [0, 0.05) is 12.7 Å². The molecule has 5 heteroatoms. The van der Waals surface area contributed by atoms with E-state index < -0.39 is 11.8 Å². The van der Waals surface area contributed by atoms with E-state index in [0.717, 1.165) is 4.90 Å². The Labute approximate surface area is 97.5 Å². The molecule has 0 unspecified atom stereocenters. The van der Waals surface area contributed by atoms with E-state index in [-0.39, 0.29) is 10.7 Å². The van der Waals surface area contributed by atoms with Crippen LogP contribution in [0.2, 0.25) is 0 Å². The molecule has 16 heavy (non-hydrogen) atoms. The smallest absolute Gasteiger partial charge is 0.278 e. The third-order valence-corrected chi connectivity index (χ3v) is 2.62. The van der Waals surface area contributed by atoms with Crippen molar-refractivity contribution in [2.45, 2.75) is 0 Å². The van der Waals surface area contributed by atoms with Crippen LogP contribution in [0.25, 0.3) is 0 Å². The first-order chi connectivity index (χ1) is 7.61. The number of imide groups is 1. The van der Waals surface area contributed by atoms with Crippen LogP contribution >= 0.6 is 11.6 Å². The Kier molecular flexibility index (Phi) is 2.66. The molecule has 0 fully saturated rings. The molecule has 1 aliphatic heterocycles. The molecule has 0 bridgehead atoms. The molecule has 0 aromatic heterocycles. The summed E-state index contributed by atoms with van der Waals surface area (Å²) >= 11 is 5.77. The topological polar surface area (TPSA) is 49.4 Å². The van der Waals surface area contributed by atoms with Crippen molar-refractivity contribution in [2.75, 3.05) is 12.4 Å². The van der Waals surface area contributed by atoms with Gasteiger partial charge in [-0.3, -0.25) is 14.5 Å². The number of amides is 2. The summed E-state index contributed by atoms with van der Waals surface area (Å²) in [5, 5.41) is 2.76. The second-order valence-electron chi connectivity index (χ2n) is 3.35. The highest BCUT2D eigenvalue weighted by molar-refractivity contribution is 6.48. The molecular weight excluding hydrogens is 228 g/mol. The minimum atomic E-state index is -0.481. The molecule has 1 heterocycles. The number of anilines is 1. The Morgan fingerprint density at radius 3 is 2.25 bits per heavy atom. The number of nitrogens with one attached hydrogen (secondary N) is 1. The van der Waals surface area contributed by atoms with Crippen molar-refractivity contribution in [3.05, 3.63) is 41.1 Å². The molecule has 2 rings (SSSR count). The molecule has 0 radical (unpaired) electrons. The minimum Gasteiger partial charge on any atom is -0.350 e. The largest absolute Gasteiger partial charge is 0.350 e. The number of halogens is 1. The molecule has 1 N–H and O–H groups in total. The number of benzene rings is 1. The first-order valence-electron chi connectivity index (χ1n) is 4.65. The van der Waals surface area contributed by atoms with E-state index in [9.17, 15) is 9.59 Å². The minimum absolute atomic E-state index is 0.0728. The van der Waals surface area contributed by atoms with Gasteiger partial charge in [0.25, 0.3) is 11.8 Å². The van der Waals surface area contributed by atoms with Crippen molar-refractivity contribution in [1.29, 1.82) is 0 Å². The maximum Gasteiger partial charge on any atom is 0.278 e. The molecule has 0 saturated carbocycles. The molecular formula is C11H9ClN2O2. The highest BCUT2D eigenvalue weighted by atomic mass is 35.5. The second-order valence-corrected chi connectivity index (χ2v) is 3.73. The Morgan fingerprint density at radius 1 is 1.12 bits per heavy atom. The number of hydrogen-bond donors (Lipinski definition) is 1. The summed E-state index contributed by atoms with van der Waals surface area (Å²) in [4.78, 5) is 24.0. The van der Waals surface area contributed by atoms with E-state index in [4.69, 9.17) is 11.6 Å². The van der Waals surface area contributed by atoms with Crippen molar-refractivity contribution >= 4 is 29.1 Å². The van der Waals surface area contributed by atoms with E-state index in [1.165, 1.54) is 7.05 Å². The molecule has 1 aromatic rings. The van der Waals surface area contributed by atoms with Crippen molar-refractivity contribution in [3.8, 4) is 0 Å². The van der Waals surface area contributed by atoms with Crippen LogP contribution in [0, 0.1) is 0 Å². The van der Waals surface area contributed by atoms with Gasteiger partial charge >= 0.3 is 0 Å². The monoisotopic (exact) mass is 236 g/mol. The number of para-hydroxylation sites is 1. The molecule has 0 spiro atoms. The van der Waals surface area contributed by atoms with Gasteiger partial charge in [-0.05, 0) is 12.1 Å². The quantitative estimate of drug-likeness (QED) is 0.793. The van der Waals surface area contributed by atoms with E-state index >= 15 is 0 Å². The van der Waals surface area contributed by atoms with Crippen molar-refractivity contribution < 1.29 is 9.59 Å². The number of carbonyl (C=O) groups excluding carboxylic acids is 2. The van der Waals surface area contributed by atoms with Crippen LogP contribution in [0.5, 0.6) is 0 Å². The average Bonchev–Trinajstić information content (AvgIpc) is 2.48. The normalized spacial score (nSPS) is 16.0. The molecule has 2 amide bonds. The van der Waals surface area contributed by atoms with Crippen molar-refractivity contribution in [2.24, 2.45) is 0 Å². The van der Waals surface area contributed by atoms with Crippen molar-refractivity contribution in [1.82, 2.24) is 4.90 Å². The van der Waals surface area contributed by atoms with Crippen LogP contribution in [0.1, 0.15) is 0 Å². The number of hydrogen-bond acceptors (Lipinski definition) is 3. The standard InChI is InChI=1S/C11H9ClN2O2/c1-14-10(15)8(12)9(11(14)16)13-7-5-3-2-4-6-7/h2-6,13H,1H3. The lowest BCUT2D eigenvalue weighted by molar-refractivity contribution is -0.135. The van der Waals surface area contributed by atoms with Gasteiger partial charge in [-0.15, -0.1) is 0 Å². The van der Waals surface area contributed by atoms with Gasteiger partial charge in [0.1, 0.15) is 10.7 Å². The first-order valence-corrected chi connectivity index (χ1v) is 5.03. The zero-order chi connectivity index (χ0) is 11.7. The Bertz CT molecular complexity index is 482. The highest BCUT2D eigenvalue weighted by Gasteiger charge is 2.34. The van der Waals surface area contributed by atoms with E-state index in [2.05, 4.69) is 5.32 Å². The third kappa shape index (κ3) is 1.67. The van der Waals surface area contributed by atoms with E-state index in [1.54, 1.807) is 12.1 Å². The lowest BCUT2D eigenvalue weighted by Gasteiger charge is -2.08.